The molecule has 0 radical (unpaired) electrons. The van der Waals surface area contributed by atoms with Crippen molar-refractivity contribution < 1.29 is 9.53 Å². The maximum absolute atomic E-state index is 12.3. The van der Waals surface area contributed by atoms with E-state index in [1.807, 2.05) is 12.1 Å². The van der Waals surface area contributed by atoms with Crippen LogP contribution in [-0.4, -0.2) is 25.5 Å². The minimum atomic E-state index is -1.90. The zero-order valence-electron chi connectivity index (χ0n) is 15.4. The van der Waals surface area contributed by atoms with Gasteiger partial charge in [0.15, 0.2) is 8.24 Å². The van der Waals surface area contributed by atoms with Crippen LogP contribution < -0.4 is 0 Å². The second-order valence-corrected chi connectivity index (χ2v) is 13.0. The quantitative estimate of drug-likeness (QED) is 0.539. The van der Waals surface area contributed by atoms with Crippen molar-refractivity contribution in [3.05, 3.63) is 36.0 Å². The fraction of sp³-hybridized carbons (Fsp3) is 0.526. The van der Waals surface area contributed by atoms with Gasteiger partial charge in [0.2, 0.25) is 0 Å². The normalized spacial score (nSPS) is 12.6. The standard InChI is InChI=1S/C19H29NO2Si/c1-13(2)23(14(3)4,15(5)6)20-12-17(19(21)22-7)16-10-8-9-11-18(16)20/h8-15H,1-7H3. The molecule has 126 valence electrons. The first kappa shape index (κ1) is 17.8. The molecule has 0 unspecified atom stereocenters. The predicted molar refractivity (Wildman–Crippen MR) is 99.7 cm³/mol. The third-order valence-corrected chi connectivity index (χ3v) is 12.1. The molecule has 0 bridgehead atoms. The number of fused-ring (bicyclic) bond motifs is 1. The molecule has 0 aliphatic heterocycles. The van der Waals surface area contributed by atoms with Crippen LogP contribution in [0.15, 0.2) is 30.5 Å². The fourth-order valence-corrected chi connectivity index (χ4v) is 11.2. The third kappa shape index (κ3) is 2.63. The van der Waals surface area contributed by atoms with E-state index in [2.05, 4.69) is 64.1 Å². The van der Waals surface area contributed by atoms with Crippen molar-refractivity contribution in [2.75, 3.05) is 7.11 Å². The summed E-state index contributed by atoms with van der Waals surface area (Å²) >= 11 is 0. The summed E-state index contributed by atoms with van der Waals surface area (Å²) in [5.74, 6) is -0.251. The predicted octanol–water partition coefficient (Wildman–Crippen LogP) is 5.45. The first-order valence-electron chi connectivity index (χ1n) is 8.47. The first-order valence-corrected chi connectivity index (χ1v) is 10.6. The Kier molecular flexibility index (Phi) is 5.04. The summed E-state index contributed by atoms with van der Waals surface area (Å²) in [6.07, 6.45) is 2.06. The maximum Gasteiger partial charge on any atom is 0.340 e. The van der Waals surface area contributed by atoms with Gasteiger partial charge in [-0.2, -0.15) is 0 Å². The van der Waals surface area contributed by atoms with E-state index < -0.39 is 8.24 Å². The van der Waals surface area contributed by atoms with Crippen molar-refractivity contribution in [2.24, 2.45) is 0 Å². The van der Waals surface area contributed by atoms with Gasteiger partial charge in [-0.3, -0.25) is 0 Å². The first-order chi connectivity index (χ1) is 10.8. The molecule has 0 spiro atoms. The molecular weight excluding hydrogens is 302 g/mol. The number of methoxy groups -OCH3 is 1. The van der Waals surface area contributed by atoms with Crippen LogP contribution in [0.5, 0.6) is 0 Å². The molecule has 4 heteroatoms. The van der Waals surface area contributed by atoms with Crippen LogP contribution in [0.3, 0.4) is 0 Å². The van der Waals surface area contributed by atoms with Crippen molar-refractivity contribution in [3.63, 3.8) is 0 Å². The molecule has 2 rings (SSSR count). The van der Waals surface area contributed by atoms with Crippen molar-refractivity contribution in [1.29, 1.82) is 0 Å². The number of carbonyl (C=O) groups excluding carboxylic acids is 1. The molecule has 2 aromatic rings. The second-order valence-electron chi connectivity index (χ2n) is 7.27. The van der Waals surface area contributed by atoms with Crippen LogP contribution >= 0.6 is 0 Å². The summed E-state index contributed by atoms with van der Waals surface area (Å²) in [5, 5.41) is 0.998. The Morgan fingerprint density at radius 2 is 1.52 bits per heavy atom. The Morgan fingerprint density at radius 3 is 2.00 bits per heavy atom. The van der Waals surface area contributed by atoms with Crippen molar-refractivity contribution in [3.8, 4) is 0 Å². The number of ether oxygens (including phenoxy) is 1. The molecular formula is C19H29NO2Si. The second kappa shape index (κ2) is 6.52. The van der Waals surface area contributed by atoms with E-state index in [9.17, 15) is 4.79 Å². The topological polar surface area (TPSA) is 31.2 Å². The lowest BCUT2D eigenvalue weighted by Gasteiger charge is -2.44. The van der Waals surface area contributed by atoms with Gasteiger partial charge in [0.05, 0.1) is 12.7 Å². The molecule has 0 atom stereocenters. The van der Waals surface area contributed by atoms with E-state index in [4.69, 9.17) is 4.74 Å². The summed E-state index contributed by atoms with van der Waals surface area (Å²) in [7, 11) is -0.446. The monoisotopic (exact) mass is 331 g/mol. The molecule has 0 amide bonds. The highest BCUT2D eigenvalue weighted by Crippen LogP contribution is 2.44. The van der Waals surface area contributed by atoms with Crippen LogP contribution in [0.4, 0.5) is 0 Å². The number of esters is 1. The third-order valence-electron chi connectivity index (χ3n) is 5.31. The van der Waals surface area contributed by atoms with Crippen LogP contribution in [0, 0.1) is 0 Å². The van der Waals surface area contributed by atoms with Crippen molar-refractivity contribution in [1.82, 2.24) is 4.23 Å². The van der Waals surface area contributed by atoms with E-state index in [1.54, 1.807) is 0 Å². The van der Waals surface area contributed by atoms with Gasteiger partial charge in [0.25, 0.3) is 0 Å². The van der Waals surface area contributed by atoms with Gasteiger partial charge in [-0.25, -0.2) is 4.79 Å². The lowest BCUT2D eigenvalue weighted by molar-refractivity contribution is 0.0603. The zero-order valence-corrected chi connectivity index (χ0v) is 16.4. The van der Waals surface area contributed by atoms with E-state index in [-0.39, 0.29) is 5.97 Å². The van der Waals surface area contributed by atoms with Gasteiger partial charge in [-0.1, -0.05) is 59.7 Å². The van der Waals surface area contributed by atoms with Gasteiger partial charge in [0.1, 0.15) is 0 Å². The van der Waals surface area contributed by atoms with Crippen LogP contribution in [0.2, 0.25) is 16.6 Å². The number of aromatic nitrogens is 1. The smallest absolute Gasteiger partial charge is 0.340 e. The highest BCUT2D eigenvalue weighted by molar-refractivity contribution is 6.82. The molecule has 23 heavy (non-hydrogen) atoms. The number of hydrogen-bond donors (Lipinski definition) is 0. The zero-order chi connectivity index (χ0) is 17.4. The molecule has 1 aromatic carbocycles. The molecule has 0 aliphatic rings. The Morgan fingerprint density at radius 1 is 1.00 bits per heavy atom. The van der Waals surface area contributed by atoms with E-state index >= 15 is 0 Å². The summed E-state index contributed by atoms with van der Waals surface area (Å²) in [6, 6.07) is 8.21. The van der Waals surface area contributed by atoms with Gasteiger partial charge in [0, 0.05) is 17.1 Å². The molecule has 0 aliphatic carbocycles. The lowest BCUT2D eigenvalue weighted by atomic mass is 10.2. The maximum atomic E-state index is 12.3. The summed E-state index contributed by atoms with van der Waals surface area (Å²) in [6.45, 7) is 14.0. The number of benzene rings is 1. The number of para-hydroxylation sites is 1. The van der Waals surface area contributed by atoms with E-state index in [1.165, 1.54) is 7.11 Å². The highest BCUT2D eigenvalue weighted by atomic mass is 28.3. The molecule has 1 heterocycles. The van der Waals surface area contributed by atoms with E-state index in [0.717, 1.165) is 10.9 Å². The van der Waals surface area contributed by atoms with Gasteiger partial charge in [-0.15, -0.1) is 0 Å². The Hall–Kier alpha value is -1.55. The van der Waals surface area contributed by atoms with Gasteiger partial charge >= 0.3 is 5.97 Å². The number of rotatable bonds is 5. The molecule has 0 saturated carbocycles. The minimum Gasteiger partial charge on any atom is -0.465 e. The van der Waals surface area contributed by atoms with Crippen molar-refractivity contribution >= 4 is 25.1 Å². The molecule has 3 nitrogen and oxygen atoms in total. The average molecular weight is 332 g/mol. The van der Waals surface area contributed by atoms with E-state index in [0.29, 0.717) is 22.2 Å². The Bertz CT molecular complexity index is 679. The molecule has 0 N–H and O–H groups in total. The fourth-order valence-electron chi connectivity index (χ4n) is 4.61. The highest BCUT2D eigenvalue weighted by Gasteiger charge is 2.46. The summed E-state index contributed by atoms with van der Waals surface area (Å²) < 4.78 is 7.48. The lowest BCUT2D eigenvalue weighted by Crippen LogP contribution is -2.51. The number of hydrogen-bond acceptors (Lipinski definition) is 2. The SMILES string of the molecule is COC(=O)c1cn([Si](C(C)C)(C(C)C)C(C)C)c2ccccc12. The van der Waals surface area contributed by atoms with Crippen LogP contribution in [0.1, 0.15) is 51.9 Å². The summed E-state index contributed by atoms with van der Waals surface area (Å²) in [4.78, 5) is 12.3. The largest absolute Gasteiger partial charge is 0.465 e. The molecule has 0 fully saturated rings. The van der Waals surface area contributed by atoms with Gasteiger partial charge in [-0.05, 0) is 22.7 Å². The minimum absolute atomic E-state index is 0.251. The molecule has 1 aromatic heterocycles. The van der Waals surface area contributed by atoms with Crippen LogP contribution in [-0.2, 0) is 4.74 Å². The Balaban J connectivity index is 2.87. The summed E-state index contributed by atoms with van der Waals surface area (Å²) in [5.41, 5.74) is 3.56. The number of nitrogens with zero attached hydrogens (tertiary/aromatic N) is 1. The van der Waals surface area contributed by atoms with Crippen molar-refractivity contribution in [2.45, 2.75) is 58.2 Å². The Labute approximate surface area is 140 Å². The number of carbonyl (C=O) groups is 1. The molecule has 0 saturated heterocycles. The van der Waals surface area contributed by atoms with Crippen LogP contribution in [0.25, 0.3) is 10.9 Å². The van der Waals surface area contributed by atoms with Gasteiger partial charge < -0.3 is 8.97 Å². The average Bonchev–Trinajstić information content (AvgIpc) is 2.86.